The molecule has 0 aliphatic carbocycles. The zero-order valence-corrected chi connectivity index (χ0v) is 57.9. The smallest absolute Gasteiger partial charge is 0.388 e. The van der Waals surface area contributed by atoms with Crippen LogP contribution in [0.4, 0.5) is 0 Å². The first-order valence-corrected chi connectivity index (χ1v) is 38.2. The van der Waals surface area contributed by atoms with Crippen molar-refractivity contribution < 1.29 is 90.7 Å². The van der Waals surface area contributed by atoms with Crippen molar-refractivity contribution >= 4 is 27.3 Å². The third-order valence-corrected chi connectivity index (χ3v) is 18.0. The molecular formula is C66H128N2O19P2. The van der Waals surface area contributed by atoms with Gasteiger partial charge in [-0.25, -0.2) is 9.13 Å². The van der Waals surface area contributed by atoms with Crippen molar-refractivity contribution in [2.45, 2.75) is 358 Å². The van der Waals surface area contributed by atoms with Gasteiger partial charge in [-0.15, -0.1) is 0 Å². The van der Waals surface area contributed by atoms with Crippen molar-refractivity contribution in [3.8, 4) is 0 Å². The van der Waals surface area contributed by atoms with Gasteiger partial charge >= 0.3 is 15.6 Å². The fraction of sp³-hybridized carbons (Fsp3) is 0.939. The molecule has 12 atom stereocenters. The maximum Gasteiger partial charge on any atom is 0.472 e. The Balaban J connectivity index is 2.45. The van der Waals surface area contributed by atoms with Gasteiger partial charge < -0.3 is 68.3 Å². The van der Waals surface area contributed by atoms with Gasteiger partial charge in [-0.2, -0.15) is 0 Å². The van der Waals surface area contributed by atoms with Gasteiger partial charge in [0.05, 0.1) is 31.8 Å². The number of ether oxygens (including phenoxy) is 7. The zero-order valence-electron chi connectivity index (χ0n) is 56.1. The van der Waals surface area contributed by atoms with E-state index in [1.54, 1.807) is 7.11 Å². The molecular weight excluding hydrogens is 1190 g/mol. The minimum atomic E-state index is -5.38. The topological polar surface area (TPSA) is 297 Å². The van der Waals surface area contributed by atoms with Gasteiger partial charge in [0.2, 0.25) is 5.91 Å². The summed E-state index contributed by atoms with van der Waals surface area (Å²) in [4.78, 5) is 68.1. The second kappa shape index (κ2) is 52.9. The van der Waals surface area contributed by atoms with Gasteiger partial charge in [-0.05, 0) is 64.2 Å². The van der Waals surface area contributed by atoms with Crippen LogP contribution < -0.4 is 10.6 Å². The molecule has 89 heavy (non-hydrogen) atoms. The molecule has 1 amide bonds. The first-order chi connectivity index (χ1) is 42.9. The van der Waals surface area contributed by atoms with Crippen LogP contribution in [0.15, 0.2) is 12.2 Å². The number of carbonyl (C=O) groups is 2. The fourth-order valence-corrected chi connectivity index (χ4v) is 12.8. The number of nitrogens with one attached hydrogen (secondary N) is 2. The SMILES string of the molecule is CCCCCCC=CCCCCCCCCC[C@@H](O)N[C@H]1[C@H](OCC2O[C@H](OP(=O)(O)O)[C@H](NC(=O)CC(=O)CCCCCCCCCCC)[C@@H](OCCCCCCCCCC)[C@@H]2O)O[C@H](COC)[C@@H](OP(=O)(O)O)[C@@H]1OCC[C@@H](CCCCCCC)OC. The summed E-state index contributed by atoms with van der Waals surface area (Å²) in [5.41, 5.74) is 0. The molecule has 8 N–H and O–H groups in total. The van der Waals surface area contributed by atoms with E-state index in [9.17, 15) is 48.5 Å². The molecule has 526 valence electrons. The second-order valence-corrected chi connectivity index (χ2v) is 27.4. The summed E-state index contributed by atoms with van der Waals surface area (Å²) < 4.78 is 79.5. The molecule has 0 saturated carbocycles. The number of hydrogen-bond acceptors (Lipinski definition) is 16. The van der Waals surface area contributed by atoms with E-state index < -0.39 is 102 Å². The standard InChI is InChI=1S/C66H128N2O19P2/c1-7-11-15-19-22-25-26-27-28-29-30-32-34-38-42-46-57(70)67-60-64(82-49-47-54(80-6)45-41-36-18-14-10-4)62(86-88(73,74)75)56(51-79-5)85-65(60)83-52-55-61(72)63(81-48-43-39-35-24-21-17-13-9-3)59(66(84-55)87-89(76,77)78)68-58(71)50-53(69)44-40-37-33-31-23-20-16-12-8-2/h25-26,54-57,59-67,70,72H,7-24,27-52H2,1-6H3,(H,68,71)(H2,73,74,75)(H2,76,77,78)/t54-,55?,56-,57-,59-,60-,61-,62-,63-,64-,65-,66-/m1/s1. The van der Waals surface area contributed by atoms with Crippen molar-refractivity contribution in [1.82, 2.24) is 10.6 Å². The maximum atomic E-state index is 13.7. The number of phosphoric acid groups is 2. The Morgan fingerprint density at radius 1 is 0.506 bits per heavy atom. The van der Waals surface area contributed by atoms with E-state index in [2.05, 4.69) is 50.5 Å². The maximum absolute atomic E-state index is 13.7. The average molecular weight is 1320 g/mol. The van der Waals surface area contributed by atoms with Crippen molar-refractivity contribution in [3.05, 3.63) is 12.2 Å². The molecule has 2 aliphatic rings. The highest BCUT2D eigenvalue weighted by atomic mass is 31.2. The second-order valence-electron chi connectivity index (χ2n) is 25.0. The van der Waals surface area contributed by atoms with Gasteiger partial charge in [0, 0.05) is 33.9 Å². The van der Waals surface area contributed by atoms with E-state index >= 15 is 0 Å². The van der Waals surface area contributed by atoms with Gasteiger partial charge in [0.1, 0.15) is 54.7 Å². The van der Waals surface area contributed by atoms with Crippen molar-refractivity contribution in [2.75, 3.05) is 40.6 Å². The lowest BCUT2D eigenvalue weighted by atomic mass is 9.95. The van der Waals surface area contributed by atoms with Gasteiger partial charge in [-0.3, -0.25) is 24.0 Å². The minimum absolute atomic E-state index is 0.0386. The molecule has 0 bridgehead atoms. The molecule has 21 nitrogen and oxygen atoms in total. The molecule has 2 aliphatic heterocycles. The van der Waals surface area contributed by atoms with Crippen LogP contribution in [0, 0.1) is 0 Å². The Morgan fingerprint density at radius 3 is 1.51 bits per heavy atom. The fourth-order valence-electron chi connectivity index (χ4n) is 11.8. The predicted octanol–water partition coefficient (Wildman–Crippen LogP) is 13.4. The highest BCUT2D eigenvalue weighted by molar-refractivity contribution is 7.46. The number of unbranched alkanes of at least 4 members (excludes halogenated alkanes) is 30. The Kier molecular flexibility index (Phi) is 49.8. The zero-order chi connectivity index (χ0) is 65.4. The van der Waals surface area contributed by atoms with Crippen LogP contribution >= 0.6 is 15.6 Å². The number of phosphoric ester groups is 2. The average Bonchev–Trinajstić information content (AvgIpc) is 0.966. The van der Waals surface area contributed by atoms with Crippen LogP contribution in [0.5, 0.6) is 0 Å². The van der Waals surface area contributed by atoms with Crippen LogP contribution in [-0.2, 0) is 60.9 Å². The molecule has 2 saturated heterocycles. The van der Waals surface area contributed by atoms with Crippen LogP contribution in [-0.4, -0.2) is 156 Å². The molecule has 1 unspecified atom stereocenters. The quantitative estimate of drug-likeness (QED) is 0.00923. The molecule has 2 heterocycles. The lowest BCUT2D eigenvalue weighted by Gasteiger charge is -2.48. The molecule has 0 spiro atoms. The Morgan fingerprint density at radius 2 is 0.978 bits per heavy atom. The summed E-state index contributed by atoms with van der Waals surface area (Å²) in [7, 11) is -7.63. The monoisotopic (exact) mass is 1310 g/mol. The largest absolute Gasteiger partial charge is 0.472 e. The number of aliphatic hydroxyl groups is 2. The molecule has 0 aromatic heterocycles. The van der Waals surface area contributed by atoms with Crippen LogP contribution in [0.2, 0.25) is 0 Å². The molecule has 0 aromatic carbocycles. The van der Waals surface area contributed by atoms with Crippen molar-refractivity contribution in [3.63, 3.8) is 0 Å². The van der Waals surface area contributed by atoms with Crippen LogP contribution in [0.1, 0.15) is 285 Å². The molecule has 0 radical (unpaired) electrons. The number of ketones is 1. The highest BCUT2D eigenvalue weighted by Gasteiger charge is 2.53. The molecule has 2 fully saturated rings. The third-order valence-electron chi connectivity index (χ3n) is 17.0. The van der Waals surface area contributed by atoms with Gasteiger partial charge in [-0.1, -0.05) is 220 Å². The highest BCUT2D eigenvalue weighted by Crippen LogP contribution is 2.44. The minimum Gasteiger partial charge on any atom is -0.388 e. The number of carbonyl (C=O) groups excluding carboxylic acids is 2. The number of Topliss-reactive ketones (excluding diaryl/α,β-unsaturated/α-hetero) is 1. The first kappa shape index (κ1) is 83.8. The van der Waals surface area contributed by atoms with Crippen LogP contribution in [0.3, 0.4) is 0 Å². The number of hydrogen-bond donors (Lipinski definition) is 8. The van der Waals surface area contributed by atoms with E-state index in [0.717, 1.165) is 161 Å². The van der Waals surface area contributed by atoms with Gasteiger partial charge in [0.15, 0.2) is 12.6 Å². The summed E-state index contributed by atoms with van der Waals surface area (Å²) in [6, 6.07) is -2.72. The van der Waals surface area contributed by atoms with E-state index in [0.29, 0.717) is 25.7 Å². The number of amides is 1. The number of rotatable bonds is 60. The van der Waals surface area contributed by atoms with Crippen molar-refractivity contribution in [2.24, 2.45) is 0 Å². The summed E-state index contributed by atoms with van der Waals surface area (Å²) in [5, 5.41) is 29.9. The lowest BCUT2D eigenvalue weighted by Crippen LogP contribution is -2.68. The summed E-state index contributed by atoms with van der Waals surface area (Å²) in [6.45, 7) is 8.02. The summed E-state index contributed by atoms with van der Waals surface area (Å²) in [6.07, 6.45) is 29.3. The molecule has 0 aromatic rings. The summed E-state index contributed by atoms with van der Waals surface area (Å²) >= 11 is 0. The van der Waals surface area contributed by atoms with Gasteiger partial charge in [0.25, 0.3) is 0 Å². The lowest BCUT2D eigenvalue weighted by molar-refractivity contribution is -0.303. The summed E-state index contributed by atoms with van der Waals surface area (Å²) in [5.74, 6) is -1.08. The van der Waals surface area contributed by atoms with Crippen LogP contribution in [0.25, 0.3) is 0 Å². The van der Waals surface area contributed by atoms with Crippen molar-refractivity contribution in [1.29, 1.82) is 0 Å². The first-order valence-electron chi connectivity index (χ1n) is 35.1. The number of aliphatic hydroxyl groups excluding tert-OH is 2. The molecule has 2 rings (SSSR count). The van der Waals surface area contributed by atoms with E-state index in [1.165, 1.54) is 58.5 Å². The predicted molar refractivity (Wildman–Crippen MR) is 348 cm³/mol. The number of methoxy groups -OCH3 is 2. The third kappa shape index (κ3) is 41.3. The Hall–Kier alpha value is -1.30. The Bertz CT molecular complexity index is 1850. The Labute approximate surface area is 537 Å². The van der Waals surface area contributed by atoms with E-state index in [4.69, 9.17) is 42.2 Å². The number of allylic oxidation sites excluding steroid dienone is 2. The van der Waals surface area contributed by atoms with E-state index in [1.807, 2.05) is 0 Å². The van der Waals surface area contributed by atoms with E-state index in [-0.39, 0.29) is 44.5 Å². The molecule has 23 heteroatoms. The normalized spacial score (nSPS) is 23.3.